The summed E-state index contributed by atoms with van der Waals surface area (Å²) >= 11 is 0. The number of anilines is 1. The maximum absolute atomic E-state index is 13.8. The SMILES string of the molecule is COc1ccc(N(CC(=O)NC(c2ccccc2)c2ccccc2)S(=O)(=O)c2c(C)noc2C)cc1. The van der Waals surface area contributed by atoms with Crippen LogP contribution in [0, 0.1) is 13.8 Å². The highest BCUT2D eigenvalue weighted by Gasteiger charge is 2.33. The summed E-state index contributed by atoms with van der Waals surface area (Å²) in [6.45, 7) is 2.63. The second-order valence-electron chi connectivity index (χ2n) is 8.18. The Kier molecular flexibility index (Phi) is 7.40. The fourth-order valence-corrected chi connectivity index (χ4v) is 5.72. The zero-order chi connectivity index (χ0) is 25.7. The molecule has 186 valence electrons. The normalized spacial score (nSPS) is 11.3. The summed E-state index contributed by atoms with van der Waals surface area (Å²) in [6.07, 6.45) is 0. The van der Waals surface area contributed by atoms with Crippen molar-refractivity contribution in [2.75, 3.05) is 18.0 Å². The number of amides is 1. The molecule has 0 aliphatic heterocycles. The molecule has 0 saturated heterocycles. The van der Waals surface area contributed by atoms with Crippen molar-refractivity contribution in [2.24, 2.45) is 0 Å². The molecule has 0 atom stereocenters. The lowest BCUT2D eigenvalue weighted by Crippen LogP contribution is -2.42. The van der Waals surface area contributed by atoms with Gasteiger partial charge in [-0.05, 0) is 49.2 Å². The minimum absolute atomic E-state index is 0.0613. The van der Waals surface area contributed by atoms with Crippen LogP contribution in [0.2, 0.25) is 0 Å². The van der Waals surface area contributed by atoms with Crippen molar-refractivity contribution in [1.29, 1.82) is 0 Å². The average molecular weight is 506 g/mol. The molecule has 9 heteroatoms. The summed E-state index contributed by atoms with van der Waals surface area (Å²) in [7, 11) is -2.65. The van der Waals surface area contributed by atoms with Gasteiger partial charge in [0.15, 0.2) is 10.7 Å². The summed E-state index contributed by atoms with van der Waals surface area (Å²) < 4.78 is 38.9. The third-order valence-electron chi connectivity index (χ3n) is 5.73. The number of rotatable bonds is 9. The second-order valence-corrected chi connectivity index (χ2v) is 9.98. The maximum atomic E-state index is 13.8. The van der Waals surface area contributed by atoms with Gasteiger partial charge in [0, 0.05) is 0 Å². The van der Waals surface area contributed by atoms with E-state index in [0.717, 1.165) is 15.4 Å². The molecule has 0 spiro atoms. The van der Waals surface area contributed by atoms with E-state index in [0.29, 0.717) is 11.4 Å². The van der Waals surface area contributed by atoms with Gasteiger partial charge in [0.25, 0.3) is 10.0 Å². The van der Waals surface area contributed by atoms with Crippen molar-refractivity contribution < 1.29 is 22.5 Å². The standard InChI is InChI=1S/C27H27N3O5S/c1-19-27(20(2)35-29-19)36(32,33)30(23-14-16-24(34-3)17-15-23)18-25(31)28-26(21-10-6-4-7-11-21)22-12-8-5-9-13-22/h4-17,26H,18H2,1-3H3,(H,28,31). The predicted molar refractivity (Wildman–Crippen MR) is 136 cm³/mol. The van der Waals surface area contributed by atoms with Crippen LogP contribution in [0.15, 0.2) is 94.3 Å². The predicted octanol–water partition coefficient (Wildman–Crippen LogP) is 4.40. The Balaban J connectivity index is 1.70. The highest BCUT2D eigenvalue weighted by atomic mass is 32.2. The Morgan fingerprint density at radius 1 is 0.944 bits per heavy atom. The van der Waals surface area contributed by atoms with Crippen LogP contribution in [0.4, 0.5) is 5.69 Å². The van der Waals surface area contributed by atoms with E-state index >= 15 is 0 Å². The van der Waals surface area contributed by atoms with Crippen molar-refractivity contribution >= 4 is 21.6 Å². The Labute approximate surface area is 210 Å². The molecule has 36 heavy (non-hydrogen) atoms. The molecule has 1 N–H and O–H groups in total. The van der Waals surface area contributed by atoms with Crippen LogP contribution in [0.25, 0.3) is 0 Å². The lowest BCUT2D eigenvalue weighted by atomic mass is 9.99. The third kappa shape index (κ3) is 5.26. The summed E-state index contributed by atoms with van der Waals surface area (Å²) in [5, 5.41) is 6.80. The molecule has 0 unspecified atom stereocenters. The molecule has 3 aromatic carbocycles. The zero-order valence-electron chi connectivity index (χ0n) is 20.2. The van der Waals surface area contributed by atoms with E-state index in [1.165, 1.54) is 14.0 Å². The maximum Gasteiger partial charge on any atom is 0.270 e. The van der Waals surface area contributed by atoms with Gasteiger partial charge in [-0.2, -0.15) is 0 Å². The molecule has 1 amide bonds. The molecule has 0 saturated carbocycles. The van der Waals surface area contributed by atoms with Crippen LogP contribution >= 0.6 is 0 Å². The van der Waals surface area contributed by atoms with E-state index in [9.17, 15) is 13.2 Å². The number of benzene rings is 3. The molecule has 1 heterocycles. The molecule has 4 rings (SSSR count). The van der Waals surface area contributed by atoms with E-state index in [2.05, 4.69) is 10.5 Å². The fraction of sp³-hybridized carbons (Fsp3) is 0.185. The summed E-state index contributed by atoms with van der Waals surface area (Å²) in [5.41, 5.74) is 2.28. The van der Waals surface area contributed by atoms with Gasteiger partial charge >= 0.3 is 0 Å². The van der Waals surface area contributed by atoms with Crippen LogP contribution < -0.4 is 14.4 Å². The van der Waals surface area contributed by atoms with Crippen molar-refractivity contribution in [3.05, 3.63) is 108 Å². The van der Waals surface area contributed by atoms with Crippen molar-refractivity contribution in [2.45, 2.75) is 24.8 Å². The number of aryl methyl sites for hydroxylation is 2. The van der Waals surface area contributed by atoms with Gasteiger partial charge in [0.2, 0.25) is 5.91 Å². The molecule has 0 aliphatic carbocycles. The number of carbonyl (C=O) groups is 1. The molecule has 0 aliphatic rings. The van der Waals surface area contributed by atoms with E-state index < -0.39 is 28.5 Å². The van der Waals surface area contributed by atoms with Crippen molar-refractivity contribution in [3.8, 4) is 5.75 Å². The third-order valence-corrected chi connectivity index (χ3v) is 7.75. The smallest absolute Gasteiger partial charge is 0.270 e. The van der Waals surface area contributed by atoms with Gasteiger partial charge in [-0.15, -0.1) is 0 Å². The van der Waals surface area contributed by atoms with Gasteiger partial charge in [-0.25, -0.2) is 8.42 Å². The van der Waals surface area contributed by atoms with Gasteiger partial charge < -0.3 is 14.6 Å². The molecule has 0 bridgehead atoms. The van der Waals surface area contributed by atoms with Crippen molar-refractivity contribution in [1.82, 2.24) is 10.5 Å². The highest BCUT2D eigenvalue weighted by Crippen LogP contribution is 2.29. The summed E-state index contributed by atoms with van der Waals surface area (Å²) in [5.74, 6) is 0.239. The monoisotopic (exact) mass is 505 g/mol. The minimum Gasteiger partial charge on any atom is -0.497 e. The Morgan fingerprint density at radius 2 is 1.50 bits per heavy atom. The van der Waals surface area contributed by atoms with Crippen LogP contribution in [0.1, 0.15) is 28.6 Å². The quantitative estimate of drug-likeness (QED) is 0.362. The first kappa shape index (κ1) is 25.0. The average Bonchev–Trinajstić information content (AvgIpc) is 3.25. The van der Waals surface area contributed by atoms with E-state index in [4.69, 9.17) is 9.26 Å². The molecular weight excluding hydrogens is 478 g/mol. The number of ether oxygens (including phenoxy) is 1. The van der Waals surface area contributed by atoms with Crippen LogP contribution in [-0.4, -0.2) is 33.1 Å². The number of methoxy groups -OCH3 is 1. The molecule has 0 fully saturated rings. The number of aromatic nitrogens is 1. The topological polar surface area (TPSA) is 102 Å². The number of nitrogens with zero attached hydrogens (tertiary/aromatic N) is 2. The molecule has 1 aromatic heterocycles. The van der Waals surface area contributed by atoms with Gasteiger partial charge in [0.05, 0.1) is 18.8 Å². The Hall–Kier alpha value is -4.11. The number of nitrogens with one attached hydrogen (secondary N) is 1. The molecule has 4 aromatic rings. The first-order chi connectivity index (χ1) is 17.3. The molecule has 0 radical (unpaired) electrons. The number of hydrogen-bond acceptors (Lipinski definition) is 6. The van der Waals surface area contributed by atoms with Crippen LogP contribution in [0.3, 0.4) is 0 Å². The highest BCUT2D eigenvalue weighted by molar-refractivity contribution is 7.93. The first-order valence-electron chi connectivity index (χ1n) is 11.3. The molecular formula is C27H27N3O5S. The number of carbonyl (C=O) groups excluding carboxylic acids is 1. The van der Waals surface area contributed by atoms with E-state index in [1.807, 2.05) is 60.7 Å². The molecule has 8 nitrogen and oxygen atoms in total. The van der Waals surface area contributed by atoms with Crippen LogP contribution in [-0.2, 0) is 14.8 Å². The largest absolute Gasteiger partial charge is 0.497 e. The second kappa shape index (κ2) is 10.7. The number of hydrogen-bond donors (Lipinski definition) is 1. The lowest BCUT2D eigenvalue weighted by molar-refractivity contribution is -0.120. The first-order valence-corrected chi connectivity index (χ1v) is 12.7. The van der Waals surface area contributed by atoms with Gasteiger partial charge in [-0.1, -0.05) is 65.8 Å². The Bertz CT molecular complexity index is 1360. The van der Waals surface area contributed by atoms with Crippen molar-refractivity contribution in [3.63, 3.8) is 0 Å². The Morgan fingerprint density at radius 3 is 1.97 bits per heavy atom. The summed E-state index contributed by atoms with van der Waals surface area (Å²) in [6, 6.07) is 25.0. The zero-order valence-corrected chi connectivity index (χ0v) is 21.0. The van der Waals surface area contributed by atoms with Gasteiger partial charge in [-0.3, -0.25) is 9.10 Å². The minimum atomic E-state index is -4.18. The van der Waals surface area contributed by atoms with E-state index in [-0.39, 0.29) is 16.3 Å². The fourth-order valence-electron chi connectivity index (χ4n) is 4.00. The van der Waals surface area contributed by atoms with E-state index in [1.54, 1.807) is 31.2 Å². The van der Waals surface area contributed by atoms with Gasteiger partial charge in [0.1, 0.15) is 18.0 Å². The van der Waals surface area contributed by atoms with Crippen LogP contribution in [0.5, 0.6) is 5.75 Å². The lowest BCUT2D eigenvalue weighted by Gasteiger charge is -2.26. The summed E-state index contributed by atoms with van der Waals surface area (Å²) in [4.78, 5) is 13.4. The number of sulfonamides is 1.